The highest BCUT2D eigenvalue weighted by molar-refractivity contribution is 6.04. The molecule has 0 aliphatic rings. The van der Waals surface area contributed by atoms with Crippen molar-refractivity contribution in [2.45, 2.75) is 33.2 Å². The van der Waals surface area contributed by atoms with E-state index in [-0.39, 0.29) is 17.9 Å². The minimum absolute atomic E-state index is 0.101. The predicted molar refractivity (Wildman–Crippen MR) is 92.8 cm³/mol. The summed E-state index contributed by atoms with van der Waals surface area (Å²) in [5.41, 5.74) is 2.96. The summed E-state index contributed by atoms with van der Waals surface area (Å²) in [5, 5.41) is 5.74. The molecule has 120 valence electrons. The summed E-state index contributed by atoms with van der Waals surface area (Å²) in [6.45, 7) is 5.97. The van der Waals surface area contributed by atoms with Crippen molar-refractivity contribution in [3.05, 3.63) is 65.2 Å². The van der Waals surface area contributed by atoms with Crippen LogP contribution in [-0.2, 0) is 0 Å². The summed E-state index contributed by atoms with van der Waals surface area (Å²) in [4.78, 5) is 24.1. The van der Waals surface area contributed by atoms with E-state index in [1.54, 1.807) is 36.4 Å². The third kappa shape index (κ3) is 4.68. The first kappa shape index (κ1) is 16.7. The summed E-state index contributed by atoms with van der Waals surface area (Å²) in [7, 11) is 0. The van der Waals surface area contributed by atoms with Crippen LogP contribution >= 0.6 is 0 Å². The zero-order chi connectivity index (χ0) is 16.8. The van der Waals surface area contributed by atoms with Gasteiger partial charge in [-0.25, -0.2) is 0 Å². The monoisotopic (exact) mass is 310 g/mol. The predicted octanol–water partition coefficient (Wildman–Crippen LogP) is 3.78. The molecule has 0 unspecified atom stereocenters. The average Bonchev–Trinajstić information content (AvgIpc) is 2.55. The van der Waals surface area contributed by atoms with Gasteiger partial charge in [0.05, 0.1) is 0 Å². The quantitative estimate of drug-likeness (QED) is 0.883. The second-order valence-corrected chi connectivity index (χ2v) is 5.68. The average molecular weight is 310 g/mol. The lowest BCUT2D eigenvalue weighted by Gasteiger charge is -2.12. The zero-order valence-corrected chi connectivity index (χ0v) is 13.7. The van der Waals surface area contributed by atoms with Crippen LogP contribution in [0.4, 0.5) is 5.69 Å². The molecule has 2 aromatic rings. The van der Waals surface area contributed by atoms with Crippen LogP contribution in [0.25, 0.3) is 0 Å². The molecule has 4 heteroatoms. The maximum Gasteiger partial charge on any atom is 0.255 e. The second-order valence-electron chi connectivity index (χ2n) is 5.68. The van der Waals surface area contributed by atoms with Crippen LogP contribution in [0.15, 0.2) is 48.5 Å². The van der Waals surface area contributed by atoms with Gasteiger partial charge < -0.3 is 10.6 Å². The Morgan fingerprint density at radius 3 is 2.00 bits per heavy atom. The minimum Gasteiger partial charge on any atom is -0.350 e. The van der Waals surface area contributed by atoms with Crippen LogP contribution in [0.1, 0.15) is 46.5 Å². The summed E-state index contributed by atoms with van der Waals surface area (Å²) in [6.07, 6.45) is 0.885. The van der Waals surface area contributed by atoms with Gasteiger partial charge in [0.15, 0.2) is 0 Å². The molecule has 0 saturated carbocycles. The highest BCUT2D eigenvalue weighted by Crippen LogP contribution is 2.12. The van der Waals surface area contributed by atoms with E-state index >= 15 is 0 Å². The number of hydrogen-bond donors (Lipinski definition) is 2. The fourth-order valence-electron chi connectivity index (χ4n) is 2.02. The van der Waals surface area contributed by atoms with Crippen LogP contribution in [-0.4, -0.2) is 17.9 Å². The van der Waals surface area contributed by atoms with Gasteiger partial charge in [-0.15, -0.1) is 0 Å². The molecule has 0 aromatic heterocycles. The van der Waals surface area contributed by atoms with Gasteiger partial charge in [-0.1, -0.05) is 24.6 Å². The standard InChI is InChI=1S/C19H22N2O2/c1-4-14(3)20-18(22)16-9-11-17(12-10-16)21-19(23)15-7-5-13(2)6-8-15/h5-12,14H,4H2,1-3H3,(H,20,22)(H,21,23)/t14-/m0/s1. The third-order valence-corrected chi connectivity index (χ3v) is 3.71. The Morgan fingerprint density at radius 1 is 0.913 bits per heavy atom. The Morgan fingerprint density at radius 2 is 1.43 bits per heavy atom. The summed E-state index contributed by atoms with van der Waals surface area (Å²) >= 11 is 0. The van der Waals surface area contributed by atoms with E-state index < -0.39 is 0 Å². The van der Waals surface area contributed by atoms with E-state index in [9.17, 15) is 9.59 Å². The molecule has 0 aliphatic heterocycles. The van der Waals surface area contributed by atoms with Crippen molar-refractivity contribution in [2.75, 3.05) is 5.32 Å². The van der Waals surface area contributed by atoms with E-state index in [1.807, 2.05) is 32.9 Å². The van der Waals surface area contributed by atoms with E-state index in [0.717, 1.165) is 12.0 Å². The van der Waals surface area contributed by atoms with E-state index in [1.165, 1.54) is 0 Å². The Balaban J connectivity index is 2.01. The van der Waals surface area contributed by atoms with Crippen molar-refractivity contribution in [2.24, 2.45) is 0 Å². The zero-order valence-electron chi connectivity index (χ0n) is 13.7. The van der Waals surface area contributed by atoms with Crippen LogP contribution in [0.3, 0.4) is 0 Å². The molecule has 0 bridgehead atoms. The van der Waals surface area contributed by atoms with Crippen molar-refractivity contribution in [1.29, 1.82) is 0 Å². The Labute approximate surface area is 136 Å². The first-order chi connectivity index (χ1) is 11.0. The molecule has 2 aromatic carbocycles. The Kier molecular flexibility index (Phi) is 5.52. The second kappa shape index (κ2) is 7.58. The number of rotatable bonds is 5. The Bertz CT molecular complexity index is 676. The molecule has 0 heterocycles. The van der Waals surface area contributed by atoms with Gasteiger partial charge in [0.2, 0.25) is 0 Å². The smallest absolute Gasteiger partial charge is 0.255 e. The van der Waals surface area contributed by atoms with Gasteiger partial charge in [-0.2, -0.15) is 0 Å². The molecule has 0 saturated heterocycles. The first-order valence-corrected chi connectivity index (χ1v) is 7.78. The Hall–Kier alpha value is -2.62. The fraction of sp³-hybridized carbons (Fsp3) is 0.263. The van der Waals surface area contributed by atoms with Gasteiger partial charge in [-0.05, 0) is 56.7 Å². The largest absolute Gasteiger partial charge is 0.350 e. The van der Waals surface area contributed by atoms with Crippen molar-refractivity contribution in [3.8, 4) is 0 Å². The van der Waals surface area contributed by atoms with Crippen molar-refractivity contribution in [3.63, 3.8) is 0 Å². The molecule has 1 atom stereocenters. The lowest BCUT2D eigenvalue weighted by molar-refractivity contribution is 0.0938. The van der Waals surface area contributed by atoms with E-state index in [4.69, 9.17) is 0 Å². The number of anilines is 1. The van der Waals surface area contributed by atoms with Crippen molar-refractivity contribution >= 4 is 17.5 Å². The van der Waals surface area contributed by atoms with Gasteiger partial charge in [0.25, 0.3) is 11.8 Å². The summed E-state index contributed by atoms with van der Waals surface area (Å²) in [6, 6.07) is 14.4. The molecule has 0 radical (unpaired) electrons. The summed E-state index contributed by atoms with van der Waals surface area (Å²) in [5.74, 6) is -0.266. The number of aryl methyl sites for hydroxylation is 1. The van der Waals surface area contributed by atoms with Crippen LogP contribution in [0.2, 0.25) is 0 Å². The topological polar surface area (TPSA) is 58.2 Å². The maximum absolute atomic E-state index is 12.1. The van der Waals surface area contributed by atoms with Gasteiger partial charge in [0.1, 0.15) is 0 Å². The first-order valence-electron chi connectivity index (χ1n) is 7.78. The van der Waals surface area contributed by atoms with Gasteiger partial charge in [-0.3, -0.25) is 9.59 Å². The van der Waals surface area contributed by atoms with Gasteiger partial charge >= 0.3 is 0 Å². The van der Waals surface area contributed by atoms with E-state index in [2.05, 4.69) is 10.6 Å². The molecule has 0 aliphatic carbocycles. The van der Waals surface area contributed by atoms with Gasteiger partial charge in [0, 0.05) is 22.9 Å². The third-order valence-electron chi connectivity index (χ3n) is 3.71. The molecule has 2 rings (SSSR count). The number of benzene rings is 2. The lowest BCUT2D eigenvalue weighted by Crippen LogP contribution is -2.31. The fourth-order valence-corrected chi connectivity index (χ4v) is 2.02. The molecular formula is C19H22N2O2. The number of amides is 2. The number of hydrogen-bond acceptors (Lipinski definition) is 2. The summed E-state index contributed by atoms with van der Waals surface area (Å²) < 4.78 is 0. The minimum atomic E-state index is -0.165. The normalized spacial score (nSPS) is 11.6. The highest BCUT2D eigenvalue weighted by Gasteiger charge is 2.09. The van der Waals surface area contributed by atoms with Crippen LogP contribution in [0, 0.1) is 6.92 Å². The lowest BCUT2D eigenvalue weighted by atomic mass is 10.1. The number of nitrogens with one attached hydrogen (secondary N) is 2. The SMILES string of the molecule is CC[C@H](C)NC(=O)c1ccc(NC(=O)c2ccc(C)cc2)cc1. The van der Waals surface area contributed by atoms with Crippen molar-refractivity contribution < 1.29 is 9.59 Å². The van der Waals surface area contributed by atoms with E-state index in [0.29, 0.717) is 16.8 Å². The molecular weight excluding hydrogens is 288 g/mol. The molecule has 2 N–H and O–H groups in total. The molecule has 23 heavy (non-hydrogen) atoms. The molecule has 2 amide bonds. The van der Waals surface area contributed by atoms with Crippen molar-refractivity contribution in [1.82, 2.24) is 5.32 Å². The molecule has 0 fully saturated rings. The molecule has 0 spiro atoms. The number of carbonyl (C=O) groups is 2. The van der Waals surface area contributed by atoms with Crippen LogP contribution in [0.5, 0.6) is 0 Å². The number of carbonyl (C=O) groups excluding carboxylic acids is 2. The molecule has 4 nitrogen and oxygen atoms in total. The maximum atomic E-state index is 12.1. The van der Waals surface area contributed by atoms with Crippen LogP contribution < -0.4 is 10.6 Å². The highest BCUT2D eigenvalue weighted by atomic mass is 16.2.